The lowest BCUT2D eigenvalue weighted by Crippen LogP contribution is -2.23. The first-order valence-corrected chi connectivity index (χ1v) is 5.75. The molecule has 0 bridgehead atoms. The molecule has 0 fully saturated rings. The normalized spacial score (nSPS) is 10.2. The van der Waals surface area contributed by atoms with Gasteiger partial charge in [0.15, 0.2) is 5.43 Å². The Morgan fingerprint density at radius 2 is 1.95 bits per heavy atom. The first kappa shape index (κ1) is 12.9. The zero-order chi connectivity index (χ0) is 14.0. The second-order valence-corrected chi connectivity index (χ2v) is 4.17. The van der Waals surface area contributed by atoms with Crippen molar-refractivity contribution in [2.45, 2.75) is 6.92 Å². The van der Waals surface area contributed by atoms with E-state index in [2.05, 4.69) is 0 Å². The van der Waals surface area contributed by atoms with Crippen LogP contribution in [0, 0.1) is 12.3 Å². The summed E-state index contributed by atoms with van der Waals surface area (Å²) in [5.41, 5.74) is 7.02. The van der Waals surface area contributed by atoms with E-state index in [1.165, 1.54) is 6.07 Å². The number of aromatic nitrogens is 1. The van der Waals surface area contributed by atoms with Gasteiger partial charge in [-0.2, -0.15) is 0 Å². The Morgan fingerprint density at radius 3 is 2.47 bits per heavy atom. The van der Waals surface area contributed by atoms with E-state index in [1.54, 1.807) is 13.3 Å². The van der Waals surface area contributed by atoms with E-state index >= 15 is 0 Å². The molecule has 0 radical (unpaired) electrons. The number of benzene rings is 1. The molecule has 0 aliphatic rings. The van der Waals surface area contributed by atoms with E-state index in [1.807, 2.05) is 35.8 Å². The Bertz CT molecular complexity index is 672. The highest BCUT2D eigenvalue weighted by atomic mass is 16.5. The van der Waals surface area contributed by atoms with E-state index in [9.17, 15) is 4.79 Å². The fourth-order valence-electron chi connectivity index (χ4n) is 1.85. The molecular weight excluding hydrogens is 242 g/mol. The maximum absolute atomic E-state index is 11.7. The Kier molecular flexibility index (Phi) is 3.37. The standard InChI is InChI=1S/C14H15N3O2/c1-9-7-13(18)12(14(15)16)8-17(9)10-3-5-11(19-2)6-4-10/h3-8H,1-2H3,(H3,15,16). The lowest BCUT2D eigenvalue weighted by atomic mass is 10.2. The number of hydrogen-bond donors (Lipinski definition) is 2. The van der Waals surface area contributed by atoms with Crippen molar-refractivity contribution in [2.24, 2.45) is 5.73 Å². The molecule has 2 rings (SSSR count). The first-order chi connectivity index (χ1) is 9.02. The van der Waals surface area contributed by atoms with Gasteiger partial charge in [0, 0.05) is 23.6 Å². The summed E-state index contributed by atoms with van der Waals surface area (Å²) in [6.07, 6.45) is 1.59. The van der Waals surface area contributed by atoms with Crippen molar-refractivity contribution in [1.82, 2.24) is 4.57 Å². The van der Waals surface area contributed by atoms with Crippen LogP contribution in [0.2, 0.25) is 0 Å². The van der Waals surface area contributed by atoms with Gasteiger partial charge in [-0.1, -0.05) is 0 Å². The van der Waals surface area contributed by atoms with Crippen molar-refractivity contribution < 1.29 is 4.74 Å². The van der Waals surface area contributed by atoms with Gasteiger partial charge in [0.05, 0.1) is 12.7 Å². The molecule has 0 spiro atoms. The second kappa shape index (κ2) is 4.97. The number of amidine groups is 1. The highest BCUT2D eigenvalue weighted by Crippen LogP contribution is 2.16. The molecule has 5 heteroatoms. The monoisotopic (exact) mass is 257 g/mol. The van der Waals surface area contributed by atoms with E-state index in [0.717, 1.165) is 17.1 Å². The third-order valence-electron chi connectivity index (χ3n) is 2.88. The summed E-state index contributed by atoms with van der Waals surface area (Å²) in [5, 5.41) is 7.41. The van der Waals surface area contributed by atoms with Crippen molar-refractivity contribution in [3.63, 3.8) is 0 Å². The number of methoxy groups -OCH3 is 1. The summed E-state index contributed by atoms with van der Waals surface area (Å²) in [6.45, 7) is 1.83. The number of ether oxygens (including phenoxy) is 1. The Morgan fingerprint density at radius 1 is 1.32 bits per heavy atom. The Labute approximate surface area is 110 Å². The fourth-order valence-corrected chi connectivity index (χ4v) is 1.85. The number of hydrogen-bond acceptors (Lipinski definition) is 3. The average molecular weight is 257 g/mol. The van der Waals surface area contributed by atoms with Gasteiger partial charge in [-0.3, -0.25) is 10.2 Å². The van der Waals surface area contributed by atoms with Gasteiger partial charge in [-0.05, 0) is 31.2 Å². The summed E-state index contributed by atoms with van der Waals surface area (Å²) >= 11 is 0. The largest absolute Gasteiger partial charge is 0.497 e. The van der Waals surface area contributed by atoms with Crippen LogP contribution in [0.4, 0.5) is 0 Å². The number of nitrogens with zero attached hydrogens (tertiary/aromatic N) is 1. The number of nitrogens with one attached hydrogen (secondary N) is 1. The number of nitrogens with two attached hydrogens (primary N) is 1. The second-order valence-electron chi connectivity index (χ2n) is 4.17. The number of nitrogen functional groups attached to an aromatic ring is 1. The van der Waals surface area contributed by atoms with Crippen LogP contribution in [0.25, 0.3) is 5.69 Å². The van der Waals surface area contributed by atoms with Gasteiger partial charge in [0.1, 0.15) is 11.6 Å². The smallest absolute Gasteiger partial charge is 0.192 e. The molecule has 0 saturated carbocycles. The van der Waals surface area contributed by atoms with Crippen LogP contribution in [-0.4, -0.2) is 17.5 Å². The van der Waals surface area contributed by atoms with Crippen LogP contribution < -0.4 is 15.9 Å². The molecule has 0 unspecified atom stereocenters. The quantitative estimate of drug-likeness (QED) is 0.645. The topological polar surface area (TPSA) is 81.1 Å². The van der Waals surface area contributed by atoms with E-state index < -0.39 is 0 Å². The van der Waals surface area contributed by atoms with Gasteiger partial charge in [-0.25, -0.2) is 0 Å². The summed E-state index contributed by atoms with van der Waals surface area (Å²) in [6, 6.07) is 8.89. The van der Waals surface area contributed by atoms with Gasteiger partial charge in [0.2, 0.25) is 0 Å². The van der Waals surface area contributed by atoms with Crippen molar-refractivity contribution in [3.8, 4) is 11.4 Å². The van der Waals surface area contributed by atoms with Crippen LogP contribution in [0.3, 0.4) is 0 Å². The predicted molar refractivity (Wildman–Crippen MR) is 74.3 cm³/mol. The van der Waals surface area contributed by atoms with E-state index in [4.69, 9.17) is 15.9 Å². The third-order valence-corrected chi connectivity index (χ3v) is 2.88. The average Bonchev–Trinajstić information content (AvgIpc) is 2.38. The molecule has 0 atom stereocenters. The van der Waals surface area contributed by atoms with Crippen LogP contribution in [0.15, 0.2) is 41.3 Å². The molecule has 2 aromatic rings. The fraction of sp³-hybridized carbons (Fsp3) is 0.143. The lowest BCUT2D eigenvalue weighted by molar-refractivity contribution is 0.414. The van der Waals surface area contributed by atoms with Crippen molar-refractivity contribution in [1.29, 1.82) is 5.41 Å². The molecule has 1 heterocycles. The molecule has 1 aromatic heterocycles. The molecule has 19 heavy (non-hydrogen) atoms. The van der Waals surface area contributed by atoms with Crippen LogP contribution in [0.5, 0.6) is 5.75 Å². The summed E-state index contributed by atoms with van der Waals surface area (Å²) in [7, 11) is 1.60. The molecule has 0 aliphatic heterocycles. The van der Waals surface area contributed by atoms with Gasteiger partial charge >= 0.3 is 0 Å². The molecular formula is C14H15N3O2. The molecule has 0 aliphatic carbocycles. The third kappa shape index (κ3) is 2.49. The van der Waals surface area contributed by atoms with E-state index in [0.29, 0.717) is 0 Å². The lowest BCUT2D eigenvalue weighted by Gasteiger charge is -2.12. The van der Waals surface area contributed by atoms with Gasteiger partial charge in [-0.15, -0.1) is 0 Å². The highest BCUT2D eigenvalue weighted by Gasteiger charge is 2.07. The number of aryl methyl sites for hydroxylation is 1. The number of pyridine rings is 1. The van der Waals surface area contributed by atoms with Gasteiger partial charge < -0.3 is 15.0 Å². The summed E-state index contributed by atoms with van der Waals surface area (Å²) in [4.78, 5) is 11.7. The molecule has 1 aromatic carbocycles. The predicted octanol–water partition coefficient (Wildman–Crippen LogP) is 1.44. The van der Waals surface area contributed by atoms with E-state index in [-0.39, 0.29) is 16.8 Å². The summed E-state index contributed by atoms with van der Waals surface area (Å²) < 4.78 is 6.92. The van der Waals surface area contributed by atoms with Crippen LogP contribution >= 0.6 is 0 Å². The van der Waals surface area contributed by atoms with Crippen LogP contribution in [-0.2, 0) is 0 Å². The van der Waals surface area contributed by atoms with Crippen molar-refractivity contribution in [3.05, 3.63) is 58.0 Å². The van der Waals surface area contributed by atoms with Gasteiger partial charge in [0.25, 0.3) is 0 Å². The highest BCUT2D eigenvalue weighted by molar-refractivity contribution is 5.94. The Balaban J connectivity index is 2.57. The molecule has 0 saturated heterocycles. The van der Waals surface area contributed by atoms with Crippen molar-refractivity contribution in [2.75, 3.05) is 7.11 Å². The number of rotatable bonds is 3. The minimum absolute atomic E-state index is 0.196. The van der Waals surface area contributed by atoms with Crippen LogP contribution in [0.1, 0.15) is 11.3 Å². The summed E-state index contributed by atoms with van der Waals surface area (Å²) in [5.74, 6) is 0.529. The molecule has 3 N–H and O–H groups in total. The molecule has 98 valence electrons. The minimum atomic E-state index is -0.241. The maximum atomic E-state index is 11.7. The Hall–Kier alpha value is -2.56. The minimum Gasteiger partial charge on any atom is -0.497 e. The SMILES string of the molecule is COc1ccc(-n2cc(C(=N)N)c(=O)cc2C)cc1. The van der Waals surface area contributed by atoms with Crippen molar-refractivity contribution >= 4 is 5.84 Å². The first-order valence-electron chi connectivity index (χ1n) is 5.75. The molecule has 0 amide bonds. The zero-order valence-electron chi connectivity index (χ0n) is 10.8. The zero-order valence-corrected chi connectivity index (χ0v) is 10.8. The molecule has 5 nitrogen and oxygen atoms in total. The maximum Gasteiger partial charge on any atom is 0.192 e.